The van der Waals surface area contributed by atoms with Crippen LogP contribution in [0.2, 0.25) is 0 Å². The maximum Gasteiger partial charge on any atom is 0.306 e. The molecule has 0 saturated heterocycles. The topological polar surface area (TPSA) is 78.9 Å². The van der Waals surface area contributed by atoms with Gasteiger partial charge in [-0.25, -0.2) is 0 Å². The van der Waals surface area contributed by atoms with Crippen LogP contribution < -0.4 is 0 Å². The van der Waals surface area contributed by atoms with Crippen LogP contribution in [0.3, 0.4) is 0 Å². The van der Waals surface area contributed by atoms with E-state index in [-0.39, 0.29) is 37.5 Å². The smallest absolute Gasteiger partial charge is 0.306 e. The minimum atomic E-state index is -0.800. The second kappa shape index (κ2) is 69.8. The Morgan fingerprint density at radius 3 is 0.780 bits per heavy atom. The van der Waals surface area contributed by atoms with E-state index in [1.807, 2.05) is 0 Å². The summed E-state index contributed by atoms with van der Waals surface area (Å²) in [6.45, 7) is 6.52. The molecule has 1 atom stereocenters. The summed E-state index contributed by atoms with van der Waals surface area (Å²) in [5, 5.41) is 0. The lowest BCUT2D eigenvalue weighted by Gasteiger charge is -2.18. The zero-order chi connectivity index (χ0) is 59.2. The van der Waals surface area contributed by atoms with Crippen LogP contribution in [0.15, 0.2) is 97.2 Å². The molecule has 6 nitrogen and oxygen atoms in total. The average Bonchev–Trinajstić information content (AvgIpc) is 3.47. The number of unbranched alkanes of at least 4 members (excludes halogenated alkanes) is 37. The highest BCUT2D eigenvalue weighted by Gasteiger charge is 2.19. The Labute approximate surface area is 508 Å². The summed E-state index contributed by atoms with van der Waals surface area (Å²) in [6, 6.07) is 0. The van der Waals surface area contributed by atoms with Gasteiger partial charge in [0, 0.05) is 19.3 Å². The lowest BCUT2D eigenvalue weighted by molar-refractivity contribution is -0.167. The molecule has 0 amide bonds. The van der Waals surface area contributed by atoms with Crippen molar-refractivity contribution in [2.45, 2.75) is 354 Å². The van der Waals surface area contributed by atoms with Crippen molar-refractivity contribution in [3.63, 3.8) is 0 Å². The molecule has 0 aromatic rings. The first kappa shape index (κ1) is 78.3. The zero-order valence-electron chi connectivity index (χ0n) is 54.2. The van der Waals surface area contributed by atoms with Crippen molar-refractivity contribution in [2.24, 2.45) is 0 Å². The highest BCUT2D eigenvalue weighted by atomic mass is 16.6. The number of ether oxygens (including phenoxy) is 3. The number of carbonyl (C=O) groups is 3. The molecule has 0 spiro atoms. The van der Waals surface area contributed by atoms with Gasteiger partial charge in [-0.05, 0) is 103 Å². The Bertz CT molecular complexity index is 1590. The maximum absolute atomic E-state index is 12.9. The molecule has 0 fully saturated rings. The van der Waals surface area contributed by atoms with E-state index in [4.69, 9.17) is 14.2 Å². The van der Waals surface area contributed by atoms with Crippen LogP contribution in [-0.2, 0) is 28.6 Å². The fraction of sp³-hybridized carbons (Fsp3) is 0.750. The van der Waals surface area contributed by atoms with Gasteiger partial charge >= 0.3 is 17.9 Å². The molecule has 0 N–H and O–H groups in total. The molecule has 0 aliphatic heterocycles. The van der Waals surface area contributed by atoms with E-state index in [2.05, 4.69) is 118 Å². The maximum atomic E-state index is 12.9. The van der Waals surface area contributed by atoms with Crippen molar-refractivity contribution < 1.29 is 28.6 Å². The van der Waals surface area contributed by atoms with E-state index in [1.165, 1.54) is 193 Å². The fourth-order valence-corrected chi connectivity index (χ4v) is 10.1. The SMILES string of the molecule is CC/C=C\C/C=C\C/C=C\C/C=C\C/C=C\C/C=C\C/C=C\CCCCCC(=O)OC(COC(=O)CCCCCCC/C=C\CCCCCC)COC(=O)CCCCCCCCCCCCCCCCCCCCCCCCCCCC. The lowest BCUT2D eigenvalue weighted by Crippen LogP contribution is -2.30. The van der Waals surface area contributed by atoms with Crippen LogP contribution >= 0.6 is 0 Å². The monoisotopic (exact) mass is 1140 g/mol. The fourth-order valence-electron chi connectivity index (χ4n) is 10.1. The van der Waals surface area contributed by atoms with E-state index in [0.717, 1.165) is 116 Å². The highest BCUT2D eigenvalue weighted by Crippen LogP contribution is 2.18. The van der Waals surface area contributed by atoms with Crippen LogP contribution in [0.25, 0.3) is 0 Å². The normalized spacial score (nSPS) is 12.7. The quantitative estimate of drug-likeness (QED) is 0.0261. The highest BCUT2D eigenvalue weighted by molar-refractivity contribution is 5.71. The largest absolute Gasteiger partial charge is 0.462 e. The molecule has 472 valence electrons. The first-order valence-corrected chi connectivity index (χ1v) is 35.2. The van der Waals surface area contributed by atoms with Gasteiger partial charge in [-0.1, -0.05) is 323 Å². The molecule has 0 radical (unpaired) electrons. The molecule has 6 heteroatoms. The van der Waals surface area contributed by atoms with Crippen molar-refractivity contribution in [1.29, 1.82) is 0 Å². The number of hydrogen-bond acceptors (Lipinski definition) is 6. The summed E-state index contributed by atoms with van der Waals surface area (Å²) in [4.78, 5) is 38.4. The number of carbonyl (C=O) groups excluding carboxylic acids is 3. The molecule has 0 aromatic carbocycles. The second-order valence-corrected chi connectivity index (χ2v) is 23.4. The van der Waals surface area contributed by atoms with Crippen LogP contribution in [0, 0.1) is 0 Å². The molecule has 0 aliphatic carbocycles. The zero-order valence-corrected chi connectivity index (χ0v) is 54.2. The van der Waals surface area contributed by atoms with E-state index < -0.39 is 6.10 Å². The van der Waals surface area contributed by atoms with Gasteiger partial charge in [0.25, 0.3) is 0 Å². The van der Waals surface area contributed by atoms with Crippen molar-refractivity contribution in [2.75, 3.05) is 13.2 Å². The van der Waals surface area contributed by atoms with Crippen LogP contribution in [-0.4, -0.2) is 37.2 Å². The van der Waals surface area contributed by atoms with Gasteiger partial charge < -0.3 is 14.2 Å². The minimum Gasteiger partial charge on any atom is -0.462 e. The standard InChI is InChI=1S/C76H132O6/c1-4-7-10-13-16-19-22-25-27-29-31-33-35-37-39-40-42-44-46-48-51-54-57-60-63-66-69-75(78)81-72-73(71-80-74(77)68-65-62-59-56-53-50-24-21-18-15-12-9-6-3)82-76(79)70-67-64-61-58-55-52-49-47-45-43-41-38-36-34-32-30-28-26-23-20-17-14-11-8-5-2/h8,11,17,20-21,24,26,28,32,34,38,41,45,47,52,55,73H,4-7,9-10,12-16,18-19,22-23,25,27,29-31,33,35-37,39-40,42-44,46,48-51,53-54,56-72H2,1-3H3/b11-8-,20-17-,24-21-,28-26-,34-32-,41-38-,47-45-,55-52-. The van der Waals surface area contributed by atoms with E-state index in [0.29, 0.717) is 12.8 Å². The predicted molar refractivity (Wildman–Crippen MR) is 357 cm³/mol. The second-order valence-electron chi connectivity index (χ2n) is 23.4. The predicted octanol–water partition coefficient (Wildman–Crippen LogP) is 24.4. The Balaban J connectivity index is 4.34. The van der Waals surface area contributed by atoms with E-state index >= 15 is 0 Å². The first-order chi connectivity index (χ1) is 40.5. The third-order valence-electron chi connectivity index (χ3n) is 15.3. The molecule has 0 rings (SSSR count). The van der Waals surface area contributed by atoms with Gasteiger partial charge in [0.1, 0.15) is 13.2 Å². The third kappa shape index (κ3) is 67.1. The van der Waals surface area contributed by atoms with Gasteiger partial charge in [0.2, 0.25) is 0 Å². The van der Waals surface area contributed by atoms with E-state index in [9.17, 15) is 14.4 Å². The van der Waals surface area contributed by atoms with Crippen molar-refractivity contribution in [3.8, 4) is 0 Å². The summed E-state index contributed by atoms with van der Waals surface area (Å²) in [6.07, 6.45) is 94.4. The van der Waals surface area contributed by atoms with Gasteiger partial charge in [-0.2, -0.15) is 0 Å². The molecule has 0 heterocycles. The average molecular weight is 1140 g/mol. The summed E-state index contributed by atoms with van der Waals surface area (Å²) < 4.78 is 16.9. The molecule has 0 aliphatic rings. The molecule has 0 bridgehead atoms. The van der Waals surface area contributed by atoms with Gasteiger partial charge in [-0.3, -0.25) is 14.4 Å². The summed E-state index contributed by atoms with van der Waals surface area (Å²) in [5.74, 6) is -0.919. The van der Waals surface area contributed by atoms with Gasteiger partial charge in [0.05, 0.1) is 0 Å². The van der Waals surface area contributed by atoms with Crippen molar-refractivity contribution in [3.05, 3.63) is 97.2 Å². The Morgan fingerprint density at radius 2 is 0.476 bits per heavy atom. The van der Waals surface area contributed by atoms with Crippen LogP contribution in [0.5, 0.6) is 0 Å². The third-order valence-corrected chi connectivity index (χ3v) is 15.3. The van der Waals surface area contributed by atoms with Gasteiger partial charge in [0.15, 0.2) is 6.10 Å². The Morgan fingerprint density at radius 1 is 0.256 bits per heavy atom. The van der Waals surface area contributed by atoms with Crippen LogP contribution in [0.1, 0.15) is 348 Å². The molecular formula is C76H132O6. The van der Waals surface area contributed by atoms with Gasteiger partial charge in [-0.15, -0.1) is 0 Å². The number of rotatable bonds is 64. The molecule has 82 heavy (non-hydrogen) atoms. The summed E-state index contributed by atoms with van der Waals surface area (Å²) >= 11 is 0. The number of hydrogen-bond donors (Lipinski definition) is 0. The number of allylic oxidation sites excluding steroid dienone is 16. The summed E-state index contributed by atoms with van der Waals surface area (Å²) in [5.41, 5.74) is 0. The van der Waals surface area contributed by atoms with Crippen molar-refractivity contribution in [1.82, 2.24) is 0 Å². The molecule has 1 unspecified atom stereocenters. The van der Waals surface area contributed by atoms with Crippen LogP contribution in [0.4, 0.5) is 0 Å². The first-order valence-electron chi connectivity index (χ1n) is 35.2. The number of esters is 3. The molecule has 0 aromatic heterocycles. The molecule has 0 saturated carbocycles. The Hall–Kier alpha value is -3.67. The Kier molecular flexibility index (Phi) is 66.7. The van der Waals surface area contributed by atoms with E-state index in [1.54, 1.807) is 0 Å². The lowest BCUT2D eigenvalue weighted by atomic mass is 10.0. The minimum absolute atomic E-state index is 0.0912. The van der Waals surface area contributed by atoms with Crippen molar-refractivity contribution >= 4 is 17.9 Å². The summed E-state index contributed by atoms with van der Waals surface area (Å²) in [7, 11) is 0. The molecular weight excluding hydrogens is 1010 g/mol.